The molecule has 0 radical (unpaired) electrons. The van der Waals surface area contributed by atoms with Gasteiger partial charge in [0, 0.05) is 11.3 Å². The predicted molar refractivity (Wildman–Crippen MR) is 136 cm³/mol. The minimum atomic E-state index is -4.47. The highest BCUT2D eigenvalue weighted by Gasteiger charge is 2.30. The summed E-state index contributed by atoms with van der Waals surface area (Å²) in [5, 5.41) is 2.85. The van der Waals surface area contributed by atoms with Crippen molar-refractivity contribution in [2.24, 2.45) is 0 Å². The van der Waals surface area contributed by atoms with E-state index in [-0.39, 0.29) is 5.56 Å². The summed E-state index contributed by atoms with van der Waals surface area (Å²) in [5.74, 6) is -1.30. The molecule has 1 amide bonds. The Bertz CT molecular complexity index is 1410. The maximum Gasteiger partial charge on any atom is 0.416 e. The predicted octanol–water partition coefficient (Wildman–Crippen LogP) is 7.53. The molecule has 0 saturated carbocycles. The van der Waals surface area contributed by atoms with Crippen LogP contribution >= 0.6 is 0 Å². The molecule has 0 aliphatic carbocycles. The van der Waals surface area contributed by atoms with E-state index in [0.29, 0.717) is 22.4 Å². The number of hydrogen-bond acceptors (Lipinski definition) is 3. The number of amides is 1. The number of benzene rings is 4. The zero-order valence-corrected chi connectivity index (χ0v) is 20.2. The lowest BCUT2D eigenvalue weighted by Gasteiger charge is -2.20. The molecule has 0 aliphatic heterocycles. The van der Waals surface area contributed by atoms with E-state index in [0.717, 1.165) is 23.3 Å². The molecule has 0 aliphatic rings. The van der Waals surface area contributed by atoms with E-state index in [1.54, 1.807) is 48.5 Å². The zero-order chi connectivity index (χ0) is 26.6. The molecule has 4 aromatic rings. The smallest absolute Gasteiger partial charge is 0.416 e. The van der Waals surface area contributed by atoms with Crippen LogP contribution < -0.4 is 5.32 Å². The summed E-state index contributed by atoms with van der Waals surface area (Å²) in [7, 11) is 0. The molecule has 0 saturated heterocycles. The van der Waals surface area contributed by atoms with Gasteiger partial charge >= 0.3 is 12.1 Å². The molecule has 188 valence electrons. The Kier molecular flexibility index (Phi) is 7.43. The van der Waals surface area contributed by atoms with Crippen molar-refractivity contribution in [3.8, 4) is 11.1 Å². The molecule has 0 fully saturated rings. The molecule has 4 nitrogen and oxygen atoms in total. The van der Waals surface area contributed by atoms with Gasteiger partial charge in [0.2, 0.25) is 6.10 Å². The average molecular weight is 504 g/mol. The number of nitrogens with one attached hydrogen (secondary N) is 1. The number of anilines is 1. The van der Waals surface area contributed by atoms with Crippen LogP contribution in [0, 0.1) is 13.8 Å². The number of hydrogen-bond donors (Lipinski definition) is 1. The first-order chi connectivity index (χ1) is 17.6. The lowest BCUT2D eigenvalue weighted by atomic mass is 9.98. The maximum absolute atomic E-state index is 13.3. The molecule has 0 unspecified atom stereocenters. The second-order valence-electron chi connectivity index (χ2n) is 8.62. The first kappa shape index (κ1) is 25.7. The van der Waals surface area contributed by atoms with Gasteiger partial charge in [0.1, 0.15) is 0 Å². The van der Waals surface area contributed by atoms with Gasteiger partial charge < -0.3 is 10.1 Å². The number of rotatable bonds is 6. The Labute approximate surface area is 212 Å². The van der Waals surface area contributed by atoms with Gasteiger partial charge in [-0.1, -0.05) is 72.8 Å². The van der Waals surface area contributed by atoms with Gasteiger partial charge in [-0.3, -0.25) is 4.79 Å². The molecule has 1 N–H and O–H groups in total. The minimum absolute atomic E-state index is 0.128. The number of alkyl halides is 3. The van der Waals surface area contributed by atoms with Crippen molar-refractivity contribution in [2.75, 3.05) is 5.32 Å². The van der Waals surface area contributed by atoms with Gasteiger partial charge in [0.25, 0.3) is 5.91 Å². The van der Waals surface area contributed by atoms with Crippen molar-refractivity contribution >= 4 is 17.6 Å². The molecular formula is C30H24F3NO3. The summed E-state index contributed by atoms with van der Waals surface area (Å²) in [4.78, 5) is 26.7. The highest BCUT2D eigenvalue weighted by Crippen LogP contribution is 2.33. The number of halogens is 3. The number of carbonyl (C=O) groups excluding carboxylic acids is 2. The Hall–Kier alpha value is -4.39. The number of aryl methyl sites for hydroxylation is 2. The number of ether oxygens (including phenoxy) is 1. The monoisotopic (exact) mass is 503 g/mol. The highest BCUT2D eigenvalue weighted by molar-refractivity contribution is 6.01. The molecule has 37 heavy (non-hydrogen) atoms. The fourth-order valence-corrected chi connectivity index (χ4v) is 3.89. The van der Waals surface area contributed by atoms with E-state index in [1.807, 2.05) is 32.0 Å². The Balaban J connectivity index is 1.65. The van der Waals surface area contributed by atoms with E-state index in [2.05, 4.69) is 5.32 Å². The van der Waals surface area contributed by atoms with E-state index in [9.17, 15) is 22.8 Å². The third kappa shape index (κ3) is 6.06. The van der Waals surface area contributed by atoms with Crippen LogP contribution in [0.5, 0.6) is 0 Å². The van der Waals surface area contributed by atoms with Crippen LogP contribution in [-0.4, -0.2) is 11.9 Å². The molecule has 4 aromatic carbocycles. The van der Waals surface area contributed by atoms with Gasteiger partial charge in [-0.15, -0.1) is 0 Å². The highest BCUT2D eigenvalue weighted by atomic mass is 19.4. The molecule has 1 atom stereocenters. The second kappa shape index (κ2) is 10.7. The fourth-order valence-electron chi connectivity index (χ4n) is 3.89. The molecule has 0 bridgehead atoms. The van der Waals surface area contributed by atoms with Gasteiger partial charge in [-0.05, 0) is 60.4 Å². The third-order valence-corrected chi connectivity index (χ3v) is 5.89. The summed E-state index contributed by atoms with van der Waals surface area (Å²) < 4.78 is 44.7. The zero-order valence-electron chi connectivity index (χ0n) is 20.2. The lowest BCUT2D eigenvalue weighted by molar-refractivity contribution is -0.137. The Morgan fingerprint density at radius 1 is 0.811 bits per heavy atom. The summed E-state index contributed by atoms with van der Waals surface area (Å²) >= 11 is 0. The summed E-state index contributed by atoms with van der Waals surface area (Å²) in [6, 6.07) is 25.2. The number of esters is 1. The van der Waals surface area contributed by atoms with E-state index in [4.69, 9.17) is 4.74 Å². The largest absolute Gasteiger partial charge is 0.444 e. The van der Waals surface area contributed by atoms with Crippen molar-refractivity contribution in [3.63, 3.8) is 0 Å². The van der Waals surface area contributed by atoms with Crippen molar-refractivity contribution in [3.05, 3.63) is 125 Å². The maximum atomic E-state index is 13.3. The van der Waals surface area contributed by atoms with Gasteiger partial charge in [-0.2, -0.15) is 13.2 Å². The topological polar surface area (TPSA) is 55.4 Å². The van der Waals surface area contributed by atoms with Gasteiger partial charge in [0.15, 0.2) is 0 Å². The third-order valence-electron chi connectivity index (χ3n) is 5.89. The Morgan fingerprint density at radius 3 is 2.14 bits per heavy atom. The van der Waals surface area contributed by atoms with Crippen LogP contribution in [-0.2, 0) is 15.7 Å². The first-order valence-electron chi connectivity index (χ1n) is 11.5. The molecule has 0 heterocycles. The molecular weight excluding hydrogens is 479 g/mol. The number of carbonyl (C=O) groups is 2. The quantitative estimate of drug-likeness (QED) is 0.277. The van der Waals surface area contributed by atoms with Crippen LogP contribution in [0.15, 0.2) is 97.1 Å². The van der Waals surface area contributed by atoms with Gasteiger partial charge in [0.05, 0.1) is 11.1 Å². The average Bonchev–Trinajstić information content (AvgIpc) is 2.89. The SMILES string of the molecule is Cc1ccc(C)c(NC(=O)[C@@H](OC(=O)c2ccccc2-c2ccc(C(F)(F)F)cc2)c2ccccc2)c1. The summed E-state index contributed by atoms with van der Waals surface area (Å²) in [6.07, 6.45) is -5.72. The van der Waals surface area contributed by atoms with Crippen LogP contribution in [0.4, 0.5) is 18.9 Å². The molecule has 0 spiro atoms. The van der Waals surface area contributed by atoms with Crippen molar-refractivity contribution in [2.45, 2.75) is 26.1 Å². The normalized spacial score (nSPS) is 12.0. The van der Waals surface area contributed by atoms with E-state index >= 15 is 0 Å². The molecule has 0 aromatic heterocycles. The van der Waals surface area contributed by atoms with Gasteiger partial charge in [-0.25, -0.2) is 4.79 Å². The summed E-state index contributed by atoms with van der Waals surface area (Å²) in [6.45, 7) is 3.76. The van der Waals surface area contributed by atoms with Crippen LogP contribution in [0.2, 0.25) is 0 Å². The van der Waals surface area contributed by atoms with Crippen molar-refractivity contribution < 1.29 is 27.5 Å². The standard InChI is InChI=1S/C30H24F3NO3/c1-19-12-13-20(2)26(18-19)34-28(35)27(22-8-4-3-5-9-22)37-29(36)25-11-7-6-10-24(25)21-14-16-23(17-15-21)30(31,32)33/h3-18,27H,1-2H3,(H,34,35)/t27-/m0/s1. The summed E-state index contributed by atoms with van der Waals surface area (Å²) in [5.41, 5.74) is 3.04. The first-order valence-corrected chi connectivity index (χ1v) is 11.5. The van der Waals surface area contributed by atoms with E-state index in [1.165, 1.54) is 18.2 Å². The van der Waals surface area contributed by atoms with Crippen molar-refractivity contribution in [1.82, 2.24) is 0 Å². The molecule has 4 rings (SSSR count). The van der Waals surface area contributed by atoms with Crippen LogP contribution in [0.1, 0.15) is 38.7 Å². The van der Waals surface area contributed by atoms with Crippen LogP contribution in [0.3, 0.4) is 0 Å². The minimum Gasteiger partial charge on any atom is -0.444 e. The molecule has 7 heteroatoms. The van der Waals surface area contributed by atoms with Crippen LogP contribution in [0.25, 0.3) is 11.1 Å². The fraction of sp³-hybridized carbons (Fsp3) is 0.133. The van der Waals surface area contributed by atoms with E-state index < -0.39 is 29.7 Å². The second-order valence-corrected chi connectivity index (χ2v) is 8.62. The Morgan fingerprint density at radius 2 is 1.46 bits per heavy atom. The van der Waals surface area contributed by atoms with Crippen molar-refractivity contribution in [1.29, 1.82) is 0 Å². The lowest BCUT2D eigenvalue weighted by Crippen LogP contribution is -2.26.